The molecule has 10 heteroatoms. The zero-order valence-corrected chi connectivity index (χ0v) is 28.7. The number of amides is 1. The maximum atomic E-state index is 14.4. The van der Waals surface area contributed by atoms with Crippen LogP contribution >= 0.6 is 0 Å². The number of carbonyl (C=O) groups is 4. The van der Waals surface area contributed by atoms with Gasteiger partial charge in [-0.1, -0.05) is 67.5 Å². The lowest BCUT2D eigenvalue weighted by Crippen LogP contribution is -2.45. The minimum atomic E-state index is -1.17. The number of carboxylic acids is 1. The summed E-state index contributed by atoms with van der Waals surface area (Å²) in [6.07, 6.45) is 7.53. The van der Waals surface area contributed by atoms with Gasteiger partial charge in [0.25, 0.3) is 6.01 Å². The molecule has 1 aliphatic carbocycles. The fourth-order valence-corrected chi connectivity index (χ4v) is 7.40. The highest BCUT2D eigenvalue weighted by atomic mass is 16.6. The third kappa shape index (κ3) is 7.89. The van der Waals surface area contributed by atoms with E-state index >= 15 is 0 Å². The molecule has 5 atom stereocenters. The number of imidazole rings is 1. The van der Waals surface area contributed by atoms with Gasteiger partial charge in [0.2, 0.25) is 5.91 Å². The predicted octanol–water partition coefficient (Wildman–Crippen LogP) is 6.35. The van der Waals surface area contributed by atoms with Crippen LogP contribution in [0.15, 0.2) is 66.7 Å². The fourth-order valence-electron chi connectivity index (χ4n) is 7.40. The van der Waals surface area contributed by atoms with Crippen LogP contribution in [0.2, 0.25) is 0 Å². The highest BCUT2D eigenvalue weighted by Crippen LogP contribution is 2.57. The number of Topliss-reactive ketones (excluding diaryl/α,β-unsaturated/α-hetero) is 1. The van der Waals surface area contributed by atoms with Crippen LogP contribution in [0.4, 0.5) is 0 Å². The molecule has 49 heavy (non-hydrogen) atoms. The normalized spacial score (nSPS) is 27.0. The van der Waals surface area contributed by atoms with Gasteiger partial charge in [-0.3, -0.25) is 23.7 Å². The number of ketones is 1. The molecule has 6 rings (SSSR count). The van der Waals surface area contributed by atoms with Crippen LogP contribution in [0.1, 0.15) is 84.1 Å². The van der Waals surface area contributed by atoms with Crippen molar-refractivity contribution in [1.29, 1.82) is 0 Å². The van der Waals surface area contributed by atoms with Crippen molar-refractivity contribution in [3.05, 3.63) is 72.3 Å². The topological polar surface area (TPSA) is 128 Å². The molecule has 0 unspecified atom stereocenters. The molecule has 2 fully saturated rings. The van der Waals surface area contributed by atoms with Gasteiger partial charge in [-0.05, 0) is 70.1 Å². The summed E-state index contributed by atoms with van der Waals surface area (Å²) in [7, 11) is 0. The molecule has 1 saturated carbocycles. The molecule has 10 nitrogen and oxygen atoms in total. The number of esters is 1. The number of aliphatic carboxylic acids is 1. The molecule has 260 valence electrons. The Morgan fingerprint density at radius 2 is 1.78 bits per heavy atom. The molecule has 1 aromatic heterocycles. The number of carboxylic acid groups (broad SMARTS) is 1. The fraction of sp³-hybridized carbons (Fsp3) is 0.513. The van der Waals surface area contributed by atoms with Gasteiger partial charge in [-0.25, -0.2) is 0 Å². The summed E-state index contributed by atoms with van der Waals surface area (Å²) in [5.41, 5.74) is 0.865. The minimum Gasteiger partial charge on any atom is -0.481 e. The Labute approximate surface area is 287 Å². The lowest BCUT2D eigenvalue weighted by atomic mass is 9.91. The van der Waals surface area contributed by atoms with Crippen molar-refractivity contribution in [3.8, 4) is 6.01 Å². The van der Waals surface area contributed by atoms with Crippen molar-refractivity contribution in [3.63, 3.8) is 0 Å². The summed E-state index contributed by atoms with van der Waals surface area (Å²) in [5, 5.41) is 10.2. The lowest BCUT2D eigenvalue weighted by Gasteiger charge is -2.29. The van der Waals surface area contributed by atoms with E-state index in [1.165, 1.54) is 0 Å². The van der Waals surface area contributed by atoms with Crippen molar-refractivity contribution in [1.82, 2.24) is 14.5 Å². The average Bonchev–Trinajstić information content (AvgIpc) is 3.41. The molecular formula is C39H47N3O7. The zero-order valence-electron chi connectivity index (χ0n) is 28.7. The number of rotatable bonds is 7. The van der Waals surface area contributed by atoms with Crippen molar-refractivity contribution in [2.75, 3.05) is 6.54 Å². The van der Waals surface area contributed by atoms with Gasteiger partial charge >= 0.3 is 11.9 Å². The number of carbonyl (C=O) groups excluding carboxylic acids is 3. The van der Waals surface area contributed by atoms with E-state index in [0.717, 1.165) is 42.3 Å². The molecule has 3 aliphatic rings. The van der Waals surface area contributed by atoms with Crippen LogP contribution in [-0.4, -0.2) is 67.5 Å². The number of ether oxygens (including phenoxy) is 2. The summed E-state index contributed by atoms with van der Waals surface area (Å²) in [6, 6.07) is 17.3. The molecule has 3 heterocycles. The zero-order chi connectivity index (χ0) is 34.8. The van der Waals surface area contributed by atoms with E-state index in [-0.39, 0.29) is 43.4 Å². The number of hydrogen-bond acceptors (Lipinski definition) is 7. The number of benzene rings is 2. The Balaban J connectivity index is 1.31. The number of hydrogen-bond donors (Lipinski definition) is 1. The average molecular weight is 670 g/mol. The van der Waals surface area contributed by atoms with Crippen LogP contribution in [0, 0.1) is 17.3 Å². The third-order valence-electron chi connectivity index (χ3n) is 10.0. The molecule has 0 spiro atoms. The second-order valence-corrected chi connectivity index (χ2v) is 14.9. The largest absolute Gasteiger partial charge is 0.481 e. The number of para-hydroxylation sites is 2. The first-order chi connectivity index (χ1) is 23.4. The summed E-state index contributed by atoms with van der Waals surface area (Å²) >= 11 is 0. The second kappa shape index (κ2) is 14.2. The Bertz CT molecular complexity index is 1720. The minimum absolute atomic E-state index is 0.0903. The first-order valence-corrected chi connectivity index (χ1v) is 17.5. The molecule has 0 bridgehead atoms. The standard InChI is InChI=1S/C39H47N3O7/c1-38(2,3)49-34(44)20-27-16-10-5-4-6-11-17-28-22-39(28,36(46)47)23-33(43)32-21-29(25-41(32)35(27)45)48-37-40-30-18-12-13-19-31(30)42(37)24-26-14-8-7-9-15-26/h7-9,11-15,17-19,27-29,32H,4-6,10,16,20-25H2,1-3H3,(H,46,47)/b17-11-/t27-,28-,29-,32+,39-/m1/s1. The van der Waals surface area contributed by atoms with Crippen molar-refractivity contribution in [2.24, 2.45) is 17.3 Å². The maximum absolute atomic E-state index is 14.4. The van der Waals surface area contributed by atoms with Gasteiger partial charge in [0.05, 0.1) is 42.0 Å². The number of fused-ring (bicyclic) bond motifs is 3. The molecular weight excluding hydrogens is 622 g/mol. The summed E-state index contributed by atoms with van der Waals surface area (Å²) < 4.78 is 14.2. The van der Waals surface area contributed by atoms with Gasteiger partial charge in [-0.15, -0.1) is 0 Å². The summed E-state index contributed by atoms with van der Waals surface area (Å²) in [5.74, 6) is -2.91. The maximum Gasteiger partial charge on any atom is 0.310 e. The van der Waals surface area contributed by atoms with E-state index in [2.05, 4.69) is 0 Å². The smallest absolute Gasteiger partial charge is 0.310 e. The Kier molecular flexibility index (Phi) is 9.95. The van der Waals surface area contributed by atoms with Gasteiger partial charge in [0, 0.05) is 18.8 Å². The molecule has 0 radical (unpaired) electrons. The van der Waals surface area contributed by atoms with E-state index in [0.29, 0.717) is 25.4 Å². The van der Waals surface area contributed by atoms with Crippen molar-refractivity contribution in [2.45, 2.75) is 103 Å². The highest BCUT2D eigenvalue weighted by Gasteiger charge is 2.61. The molecule has 1 N–H and O–H groups in total. The van der Waals surface area contributed by atoms with E-state index in [1.807, 2.05) is 71.3 Å². The van der Waals surface area contributed by atoms with Gasteiger partial charge in [0.15, 0.2) is 5.78 Å². The van der Waals surface area contributed by atoms with Gasteiger partial charge in [-0.2, -0.15) is 4.98 Å². The van der Waals surface area contributed by atoms with E-state index in [4.69, 9.17) is 14.5 Å². The highest BCUT2D eigenvalue weighted by molar-refractivity contribution is 5.95. The van der Waals surface area contributed by atoms with E-state index in [1.54, 1.807) is 25.7 Å². The quantitative estimate of drug-likeness (QED) is 0.228. The third-order valence-corrected chi connectivity index (χ3v) is 10.0. The number of nitrogens with zero attached hydrogens (tertiary/aromatic N) is 3. The van der Waals surface area contributed by atoms with Crippen LogP contribution in [0.3, 0.4) is 0 Å². The van der Waals surface area contributed by atoms with Crippen molar-refractivity contribution >= 4 is 34.7 Å². The van der Waals surface area contributed by atoms with Crippen LogP contribution in [0.25, 0.3) is 11.0 Å². The monoisotopic (exact) mass is 669 g/mol. The second-order valence-electron chi connectivity index (χ2n) is 14.9. The van der Waals surface area contributed by atoms with Crippen LogP contribution < -0.4 is 4.74 Å². The number of allylic oxidation sites excluding steroid dienone is 2. The molecule has 2 aromatic carbocycles. The van der Waals surface area contributed by atoms with E-state index < -0.39 is 41.0 Å². The molecule has 1 saturated heterocycles. The molecule has 2 aliphatic heterocycles. The number of aromatic nitrogens is 2. The summed E-state index contributed by atoms with van der Waals surface area (Å²) in [4.78, 5) is 60.5. The Morgan fingerprint density at radius 1 is 1.02 bits per heavy atom. The summed E-state index contributed by atoms with van der Waals surface area (Å²) in [6.45, 7) is 6.02. The van der Waals surface area contributed by atoms with E-state index in [9.17, 15) is 24.3 Å². The Morgan fingerprint density at radius 3 is 2.53 bits per heavy atom. The molecule has 3 aromatic rings. The van der Waals surface area contributed by atoms with Crippen LogP contribution in [-0.2, 0) is 30.5 Å². The van der Waals surface area contributed by atoms with Crippen LogP contribution in [0.5, 0.6) is 6.01 Å². The lowest BCUT2D eigenvalue weighted by molar-refractivity contribution is -0.159. The van der Waals surface area contributed by atoms with Gasteiger partial charge < -0.3 is 19.5 Å². The molecule has 1 amide bonds. The first-order valence-electron chi connectivity index (χ1n) is 17.5. The SMILES string of the molecule is CC(C)(C)OC(=O)C[C@H]1CCCCC/C=C\[C@@H]2C[C@@]2(C(=O)O)CC(=O)[C@@H]2C[C@@H](Oc3nc4ccccc4n3Cc3ccccc3)CN2C1=O. The first kappa shape index (κ1) is 34.4. The van der Waals surface area contributed by atoms with Gasteiger partial charge in [0.1, 0.15) is 11.7 Å². The predicted molar refractivity (Wildman–Crippen MR) is 184 cm³/mol. The Hall–Kier alpha value is -4.47. The van der Waals surface area contributed by atoms with Crippen molar-refractivity contribution < 1.29 is 33.8 Å².